The standard InChI is InChI=1S/C26H33Cl2N3O4/c1-4-22(24(33)29-14-16(2)3)31(15-17-9-10-20(27)21(28)13-17)23(32)11-12-30-25(34)18-7-5-6-8-19(18)26(30)35/h5-6,9-10,13,16,18-19,22H,4,7-8,11-12,14-15H2,1-3H3,(H,29,33)/t18-,19+,22-/m1/s1. The van der Waals surface area contributed by atoms with Crippen LogP contribution in [0.3, 0.4) is 0 Å². The van der Waals surface area contributed by atoms with E-state index in [9.17, 15) is 19.2 Å². The molecule has 35 heavy (non-hydrogen) atoms. The predicted molar refractivity (Wildman–Crippen MR) is 136 cm³/mol. The highest BCUT2D eigenvalue weighted by Gasteiger charge is 2.47. The molecule has 1 fully saturated rings. The first kappa shape index (κ1) is 27.2. The molecule has 0 radical (unpaired) electrons. The minimum Gasteiger partial charge on any atom is -0.354 e. The predicted octanol–water partition coefficient (Wildman–Crippen LogP) is 4.21. The van der Waals surface area contributed by atoms with E-state index in [0.717, 1.165) is 5.56 Å². The van der Waals surface area contributed by atoms with Gasteiger partial charge >= 0.3 is 0 Å². The molecule has 1 heterocycles. The first-order valence-corrected chi connectivity index (χ1v) is 12.9. The average molecular weight is 522 g/mol. The highest BCUT2D eigenvalue weighted by atomic mass is 35.5. The van der Waals surface area contributed by atoms with Crippen LogP contribution >= 0.6 is 23.2 Å². The monoisotopic (exact) mass is 521 g/mol. The van der Waals surface area contributed by atoms with Crippen molar-refractivity contribution in [3.8, 4) is 0 Å². The van der Waals surface area contributed by atoms with Crippen LogP contribution in [-0.2, 0) is 25.7 Å². The summed E-state index contributed by atoms with van der Waals surface area (Å²) >= 11 is 12.2. The first-order chi connectivity index (χ1) is 16.6. The zero-order valence-corrected chi connectivity index (χ0v) is 21.9. The summed E-state index contributed by atoms with van der Waals surface area (Å²) in [5, 5.41) is 3.67. The number of rotatable bonds is 10. The summed E-state index contributed by atoms with van der Waals surface area (Å²) in [5.41, 5.74) is 0.730. The molecule has 1 aromatic rings. The minimum absolute atomic E-state index is 0.00538. The van der Waals surface area contributed by atoms with Crippen molar-refractivity contribution in [1.82, 2.24) is 15.1 Å². The molecule has 1 aliphatic heterocycles. The number of carbonyl (C=O) groups excluding carboxylic acids is 4. The van der Waals surface area contributed by atoms with Gasteiger partial charge in [0.15, 0.2) is 0 Å². The molecule has 3 rings (SSSR count). The lowest BCUT2D eigenvalue weighted by molar-refractivity contribution is -0.144. The fraction of sp³-hybridized carbons (Fsp3) is 0.538. The molecule has 1 saturated heterocycles. The topological polar surface area (TPSA) is 86.8 Å². The SMILES string of the molecule is CC[C@H](C(=O)NCC(C)C)N(Cc1ccc(Cl)c(Cl)c1)C(=O)CCN1C(=O)[C@H]2CC=CC[C@H]2C1=O. The van der Waals surface area contributed by atoms with Crippen molar-refractivity contribution in [1.29, 1.82) is 0 Å². The summed E-state index contributed by atoms with van der Waals surface area (Å²) < 4.78 is 0. The van der Waals surface area contributed by atoms with Crippen LogP contribution in [0.1, 0.15) is 52.0 Å². The maximum absolute atomic E-state index is 13.5. The Morgan fingerprint density at radius 1 is 1.09 bits per heavy atom. The molecule has 1 aliphatic carbocycles. The van der Waals surface area contributed by atoms with Crippen LogP contribution < -0.4 is 5.32 Å². The second-order valence-corrected chi connectivity index (χ2v) is 10.4. The third-order valence-corrected chi connectivity index (χ3v) is 7.29. The molecular formula is C26H33Cl2N3O4. The molecule has 190 valence electrons. The van der Waals surface area contributed by atoms with Crippen molar-refractivity contribution in [3.63, 3.8) is 0 Å². The lowest BCUT2D eigenvalue weighted by Gasteiger charge is -2.31. The van der Waals surface area contributed by atoms with Gasteiger partial charge in [0.2, 0.25) is 23.6 Å². The maximum Gasteiger partial charge on any atom is 0.242 e. The summed E-state index contributed by atoms with van der Waals surface area (Å²) in [4.78, 5) is 54.8. The van der Waals surface area contributed by atoms with E-state index in [-0.39, 0.29) is 60.9 Å². The van der Waals surface area contributed by atoms with E-state index in [1.165, 1.54) is 9.80 Å². The van der Waals surface area contributed by atoms with E-state index < -0.39 is 6.04 Å². The number of benzene rings is 1. The molecule has 1 N–H and O–H groups in total. The number of nitrogens with zero attached hydrogens (tertiary/aromatic N) is 2. The first-order valence-electron chi connectivity index (χ1n) is 12.1. The summed E-state index contributed by atoms with van der Waals surface area (Å²) in [5.74, 6) is -1.37. The number of amides is 4. The molecule has 4 amide bonds. The van der Waals surface area contributed by atoms with Crippen LogP contribution in [0.4, 0.5) is 0 Å². The second kappa shape index (κ2) is 12.0. The molecule has 0 unspecified atom stereocenters. The number of imide groups is 1. The Balaban J connectivity index is 1.77. The summed E-state index contributed by atoms with van der Waals surface area (Å²) in [6, 6.07) is 4.39. The number of carbonyl (C=O) groups is 4. The van der Waals surface area contributed by atoms with Gasteiger partial charge in [-0.3, -0.25) is 24.1 Å². The molecule has 0 saturated carbocycles. The van der Waals surface area contributed by atoms with E-state index in [0.29, 0.717) is 35.9 Å². The van der Waals surface area contributed by atoms with Crippen molar-refractivity contribution in [3.05, 3.63) is 46.0 Å². The van der Waals surface area contributed by atoms with Gasteiger partial charge in [-0.05, 0) is 42.9 Å². The highest BCUT2D eigenvalue weighted by Crippen LogP contribution is 2.35. The molecule has 0 spiro atoms. The molecule has 9 heteroatoms. The zero-order valence-electron chi connectivity index (χ0n) is 20.4. The van der Waals surface area contributed by atoms with Crippen molar-refractivity contribution in [2.24, 2.45) is 17.8 Å². The fourth-order valence-electron chi connectivity index (χ4n) is 4.62. The smallest absolute Gasteiger partial charge is 0.242 e. The number of fused-ring (bicyclic) bond motifs is 1. The largest absolute Gasteiger partial charge is 0.354 e. The molecular weight excluding hydrogens is 489 g/mol. The second-order valence-electron chi connectivity index (χ2n) is 9.57. The Morgan fingerprint density at radius 3 is 2.26 bits per heavy atom. The molecule has 0 bridgehead atoms. The van der Waals surface area contributed by atoms with Crippen LogP contribution in [0, 0.1) is 17.8 Å². The van der Waals surface area contributed by atoms with Crippen molar-refractivity contribution >= 4 is 46.8 Å². The highest BCUT2D eigenvalue weighted by molar-refractivity contribution is 6.42. The number of likely N-dealkylation sites (tertiary alicyclic amines) is 1. The zero-order chi connectivity index (χ0) is 25.7. The van der Waals surface area contributed by atoms with Gasteiger partial charge in [0.1, 0.15) is 6.04 Å². The van der Waals surface area contributed by atoms with Crippen LogP contribution in [0.5, 0.6) is 0 Å². The van der Waals surface area contributed by atoms with Gasteiger partial charge in [-0.15, -0.1) is 0 Å². The lowest BCUT2D eigenvalue weighted by Crippen LogP contribution is -2.50. The normalized spacial score (nSPS) is 20.2. The number of hydrogen-bond acceptors (Lipinski definition) is 4. The van der Waals surface area contributed by atoms with Crippen LogP contribution in [0.2, 0.25) is 10.0 Å². The molecule has 0 aromatic heterocycles. The van der Waals surface area contributed by atoms with E-state index in [1.807, 2.05) is 32.9 Å². The molecule has 1 aromatic carbocycles. The summed E-state index contributed by atoms with van der Waals surface area (Å²) in [6.07, 6.45) is 5.32. The average Bonchev–Trinajstić information content (AvgIpc) is 3.07. The van der Waals surface area contributed by atoms with Crippen LogP contribution in [0.15, 0.2) is 30.4 Å². The van der Waals surface area contributed by atoms with Crippen LogP contribution in [0.25, 0.3) is 0 Å². The summed E-state index contributed by atoms with van der Waals surface area (Å²) in [6.45, 7) is 6.50. The Bertz CT molecular complexity index is 984. The van der Waals surface area contributed by atoms with Crippen molar-refractivity contribution < 1.29 is 19.2 Å². The van der Waals surface area contributed by atoms with Crippen LogP contribution in [-0.4, -0.2) is 52.6 Å². The summed E-state index contributed by atoms with van der Waals surface area (Å²) in [7, 11) is 0. The van der Waals surface area contributed by atoms with Gasteiger partial charge in [0.25, 0.3) is 0 Å². The van der Waals surface area contributed by atoms with E-state index in [1.54, 1.807) is 18.2 Å². The fourth-order valence-corrected chi connectivity index (χ4v) is 4.94. The van der Waals surface area contributed by atoms with Gasteiger partial charge in [-0.2, -0.15) is 0 Å². The Hall–Kier alpha value is -2.38. The Morgan fingerprint density at radius 2 is 1.71 bits per heavy atom. The van der Waals surface area contributed by atoms with Gasteiger partial charge in [-0.1, -0.05) is 62.2 Å². The number of hydrogen-bond donors (Lipinski definition) is 1. The lowest BCUT2D eigenvalue weighted by atomic mass is 9.85. The van der Waals surface area contributed by atoms with E-state index in [4.69, 9.17) is 23.2 Å². The number of halogens is 2. The van der Waals surface area contributed by atoms with Crippen molar-refractivity contribution in [2.45, 2.75) is 59.0 Å². The van der Waals surface area contributed by atoms with E-state index in [2.05, 4.69) is 5.32 Å². The van der Waals surface area contributed by atoms with Gasteiger partial charge in [0, 0.05) is 26.1 Å². The van der Waals surface area contributed by atoms with Gasteiger partial charge in [0.05, 0.1) is 21.9 Å². The maximum atomic E-state index is 13.5. The number of nitrogens with one attached hydrogen (secondary N) is 1. The third kappa shape index (κ3) is 6.44. The quantitative estimate of drug-likeness (QED) is 0.369. The molecule has 3 atom stereocenters. The van der Waals surface area contributed by atoms with E-state index >= 15 is 0 Å². The minimum atomic E-state index is -0.701. The Labute approximate surface area is 216 Å². The number of allylic oxidation sites excluding steroid dienone is 2. The third-order valence-electron chi connectivity index (χ3n) is 6.56. The molecule has 7 nitrogen and oxygen atoms in total. The van der Waals surface area contributed by atoms with Gasteiger partial charge in [-0.25, -0.2) is 0 Å². The molecule has 2 aliphatic rings. The Kier molecular flexibility index (Phi) is 9.36. The van der Waals surface area contributed by atoms with Crippen molar-refractivity contribution in [2.75, 3.05) is 13.1 Å². The van der Waals surface area contributed by atoms with Gasteiger partial charge < -0.3 is 10.2 Å².